The van der Waals surface area contributed by atoms with Crippen molar-refractivity contribution in [2.75, 3.05) is 20.2 Å². The fourth-order valence-corrected chi connectivity index (χ4v) is 2.16. The number of ether oxygens (including phenoxy) is 1. The van der Waals surface area contributed by atoms with Gasteiger partial charge in [0.2, 0.25) is 0 Å². The predicted molar refractivity (Wildman–Crippen MR) is 89.9 cm³/mol. The molecule has 0 bridgehead atoms. The molecule has 2 N–H and O–H groups in total. The SMILES string of the molecule is CCOc1ccccc1CNC(=NC)NCC(CC)CC. The zero-order valence-electron chi connectivity index (χ0n) is 13.8. The molecule has 4 heteroatoms. The Labute approximate surface area is 129 Å². The predicted octanol–water partition coefficient (Wildman–Crippen LogP) is 3.19. The molecule has 0 aliphatic heterocycles. The van der Waals surface area contributed by atoms with E-state index in [1.165, 1.54) is 12.8 Å². The van der Waals surface area contributed by atoms with Crippen LogP contribution in [0, 0.1) is 5.92 Å². The first-order valence-corrected chi connectivity index (χ1v) is 7.90. The third-order valence-corrected chi connectivity index (χ3v) is 3.66. The van der Waals surface area contributed by atoms with Gasteiger partial charge in [-0.3, -0.25) is 4.99 Å². The Balaban J connectivity index is 2.52. The van der Waals surface area contributed by atoms with Crippen molar-refractivity contribution >= 4 is 5.96 Å². The number of hydrogen-bond acceptors (Lipinski definition) is 2. The van der Waals surface area contributed by atoms with E-state index in [0.717, 1.165) is 23.8 Å². The normalized spacial score (nSPS) is 11.6. The van der Waals surface area contributed by atoms with E-state index in [-0.39, 0.29) is 0 Å². The standard InChI is InChI=1S/C17H29N3O/c1-5-14(6-2)12-19-17(18-4)20-13-15-10-8-9-11-16(15)21-7-3/h8-11,14H,5-7,12-13H2,1-4H3,(H2,18,19,20). The summed E-state index contributed by atoms with van der Waals surface area (Å²) in [5.74, 6) is 2.47. The van der Waals surface area contributed by atoms with Crippen LogP contribution in [0.4, 0.5) is 0 Å². The third-order valence-electron chi connectivity index (χ3n) is 3.66. The van der Waals surface area contributed by atoms with Crippen molar-refractivity contribution in [1.82, 2.24) is 10.6 Å². The number of hydrogen-bond donors (Lipinski definition) is 2. The highest BCUT2D eigenvalue weighted by atomic mass is 16.5. The zero-order valence-corrected chi connectivity index (χ0v) is 13.8. The van der Waals surface area contributed by atoms with E-state index in [4.69, 9.17) is 4.74 Å². The Morgan fingerprint density at radius 2 is 1.86 bits per heavy atom. The van der Waals surface area contributed by atoms with Gasteiger partial charge < -0.3 is 15.4 Å². The van der Waals surface area contributed by atoms with Gasteiger partial charge in [-0.15, -0.1) is 0 Å². The van der Waals surface area contributed by atoms with E-state index in [1.807, 2.05) is 25.1 Å². The highest BCUT2D eigenvalue weighted by Crippen LogP contribution is 2.17. The molecular weight excluding hydrogens is 262 g/mol. The maximum atomic E-state index is 5.64. The first kappa shape index (κ1) is 17.3. The molecule has 0 saturated carbocycles. The Kier molecular flexibility index (Phi) is 8.32. The van der Waals surface area contributed by atoms with Crippen molar-refractivity contribution in [2.24, 2.45) is 10.9 Å². The van der Waals surface area contributed by atoms with Crippen LogP contribution in [-0.2, 0) is 6.54 Å². The highest BCUT2D eigenvalue weighted by molar-refractivity contribution is 5.79. The van der Waals surface area contributed by atoms with Crippen molar-refractivity contribution in [2.45, 2.75) is 40.2 Å². The smallest absolute Gasteiger partial charge is 0.191 e. The van der Waals surface area contributed by atoms with Crippen LogP contribution in [0.15, 0.2) is 29.3 Å². The summed E-state index contributed by atoms with van der Waals surface area (Å²) in [6.07, 6.45) is 2.38. The monoisotopic (exact) mass is 291 g/mol. The molecule has 118 valence electrons. The summed E-state index contributed by atoms with van der Waals surface area (Å²) in [4.78, 5) is 4.27. The molecule has 4 nitrogen and oxygen atoms in total. The summed E-state index contributed by atoms with van der Waals surface area (Å²) in [5, 5.41) is 6.74. The van der Waals surface area contributed by atoms with Crippen LogP contribution in [0.25, 0.3) is 0 Å². The molecule has 0 heterocycles. The van der Waals surface area contributed by atoms with E-state index < -0.39 is 0 Å². The van der Waals surface area contributed by atoms with Crippen molar-refractivity contribution in [3.05, 3.63) is 29.8 Å². The summed E-state index contributed by atoms with van der Waals surface area (Å²) in [7, 11) is 1.80. The van der Waals surface area contributed by atoms with E-state index in [2.05, 4.69) is 35.5 Å². The topological polar surface area (TPSA) is 45.6 Å². The lowest BCUT2D eigenvalue weighted by Crippen LogP contribution is -2.39. The van der Waals surface area contributed by atoms with Gasteiger partial charge in [-0.05, 0) is 18.9 Å². The molecule has 1 rings (SSSR count). The Bertz CT molecular complexity index is 428. The number of nitrogens with one attached hydrogen (secondary N) is 2. The minimum Gasteiger partial charge on any atom is -0.494 e. The van der Waals surface area contributed by atoms with Gasteiger partial charge in [0.25, 0.3) is 0 Å². The number of benzene rings is 1. The lowest BCUT2D eigenvalue weighted by atomic mass is 10.0. The Morgan fingerprint density at radius 3 is 2.48 bits per heavy atom. The lowest BCUT2D eigenvalue weighted by molar-refractivity contribution is 0.336. The maximum Gasteiger partial charge on any atom is 0.191 e. The average molecular weight is 291 g/mol. The molecule has 0 radical (unpaired) electrons. The molecule has 0 unspecified atom stereocenters. The summed E-state index contributed by atoms with van der Waals surface area (Å²) >= 11 is 0. The van der Waals surface area contributed by atoms with Crippen LogP contribution in [0.1, 0.15) is 39.2 Å². The summed E-state index contributed by atoms with van der Waals surface area (Å²) in [5.41, 5.74) is 1.14. The Morgan fingerprint density at radius 1 is 1.14 bits per heavy atom. The molecule has 0 amide bonds. The molecule has 0 aromatic heterocycles. The largest absolute Gasteiger partial charge is 0.494 e. The number of rotatable bonds is 8. The second-order valence-electron chi connectivity index (χ2n) is 5.03. The van der Waals surface area contributed by atoms with E-state index in [0.29, 0.717) is 19.1 Å². The van der Waals surface area contributed by atoms with Crippen LogP contribution in [0.3, 0.4) is 0 Å². The van der Waals surface area contributed by atoms with Crippen LogP contribution in [0.5, 0.6) is 5.75 Å². The zero-order chi connectivity index (χ0) is 15.5. The molecule has 0 saturated heterocycles. The third kappa shape index (κ3) is 6.06. The fourth-order valence-electron chi connectivity index (χ4n) is 2.16. The van der Waals surface area contributed by atoms with E-state index >= 15 is 0 Å². The number of nitrogens with zero attached hydrogens (tertiary/aromatic N) is 1. The van der Waals surface area contributed by atoms with Gasteiger partial charge >= 0.3 is 0 Å². The second-order valence-corrected chi connectivity index (χ2v) is 5.03. The summed E-state index contributed by atoms with van der Waals surface area (Å²) in [6.45, 7) is 8.80. The van der Waals surface area contributed by atoms with Gasteiger partial charge in [-0.25, -0.2) is 0 Å². The highest BCUT2D eigenvalue weighted by Gasteiger charge is 2.06. The van der Waals surface area contributed by atoms with Crippen LogP contribution in [0.2, 0.25) is 0 Å². The van der Waals surface area contributed by atoms with Gasteiger partial charge in [-0.2, -0.15) is 0 Å². The molecular formula is C17H29N3O. The average Bonchev–Trinajstić information content (AvgIpc) is 2.52. The molecule has 1 aromatic rings. The minimum absolute atomic E-state index is 0.679. The van der Waals surface area contributed by atoms with Gasteiger partial charge in [0.05, 0.1) is 6.61 Å². The van der Waals surface area contributed by atoms with Crippen LogP contribution >= 0.6 is 0 Å². The number of aliphatic imine (C=N–C) groups is 1. The first-order chi connectivity index (χ1) is 10.2. The second kappa shape index (κ2) is 10.1. The van der Waals surface area contributed by atoms with Gasteiger partial charge in [0.15, 0.2) is 5.96 Å². The molecule has 1 aromatic carbocycles. The first-order valence-electron chi connectivity index (χ1n) is 7.90. The lowest BCUT2D eigenvalue weighted by Gasteiger charge is -2.17. The maximum absolute atomic E-state index is 5.64. The molecule has 0 aliphatic carbocycles. The molecule has 0 fully saturated rings. The molecule has 21 heavy (non-hydrogen) atoms. The summed E-state index contributed by atoms with van der Waals surface area (Å²) < 4.78 is 5.64. The molecule has 0 spiro atoms. The quantitative estimate of drug-likeness (QED) is 0.571. The Hall–Kier alpha value is -1.71. The number of guanidine groups is 1. The molecule has 0 aliphatic rings. The van der Waals surface area contributed by atoms with E-state index in [1.54, 1.807) is 7.05 Å². The minimum atomic E-state index is 0.679. The van der Waals surface area contributed by atoms with Gasteiger partial charge in [0.1, 0.15) is 5.75 Å². The fraction of sp³-hybridized carbons (Fsp3) is 0.588. The number of para-hydroxylation sites is 1. The van der Waals surface area contributed by atoms with Crippen molar-refractivity contribution in [3.8, 4) is 5.75 Å². The summed E-state index contributed by atoms with van der Waals surface area (Å²) in [6, 6.07) is 8.10. The van der Waals surface area contributed by atoms with Crippen molar-refractivity contribution < 1.29 is 4.74 Å². The van der Waals surface area contributed by atoms with E-state index in [9.17, 15) is 0 Å². The van der Waals surface area contributed by atoms with Crippen molar-refractivity contribution in [3.63, 3.8) is 0 Å². The van der Waals surface area contributed by atoms with Crippen LogP contribution < -0.4 is 15.4 Å². The van der Waals surface area contributed by atoms with Crippen molar-refractivity contribution in [1.29, 1.82) is 0 Å². The molecule has 0 atom stereocenters. The van der Waals surface area contributed by atoms with Crippen LogP contribution in [-0.4, -0.2) is 26.2 Å². The van der Waals surface area contributed by atoms with Gasteiger partial charge in [-0.1, -0.05) is 44.9 Å². The van der Waals surface area contributed by atoms with Gasteiger partial charge in [0, 0.05) is 25.7 Å².